The standard InChI is InChI=1S/C12H7ClN2OS/c13-8-3-4-10-11(6-8)16-12(15-10)17-9-2-1-5-14-7-9/h1-7H. The number of hydrogen-bond acceptors (Lipinski definition) is 4. The van der Waals surface area contributed by atoms with Gasteiger partial charge in [-0.05, 0) is 36.0 Å². The number of hydrogen-bond donors (Lipinski definition) is 0. The number of rotatable bonds is 2. The van der Waals surface area contributed by atoms with Crippen LogP contribution < -0.4 is 0 Å². The molecule has 2 heterocycles. The van der Waals surface area contributed by atoms with E-state index in [-0.39, 0.29) is 0 Å². The Labute approximate surface area is 107 Å². The molecule has 0 amide bonds. The van der Waals surface area contributed by atoms with E-state index in [2.05, 4.69) is 9.97 Å². The molecule has 0 saturated carbocycles. The molecule has 0 aliphatic rings. The molecule has 0 aliphatic heterocycles. The molecule has 0 unspecified atom stereocenters. The molecule has 17 heavy (non-hydrogen) atoms. The molecule has 84 valence electrons. The second kappa shape index (κ2) is 4.39. The average Bonchev–Trinajstić information content (AvgIpc) is 2.71. The topological polar surface area (TPSA) is 38.9 Å². The van der Waals surface area contributed by atoms with E-state index in [4.69, 9.17) is 16.0 Å². The summed E-state index contributed by atoms with van der Waals surface area (Å²) in [7, 11) is 0. The van der Waals surface area contributed by atoms with Crippen LogP contribution in [0.5, 0.6) is 0 Å². The first-order valence-corrected chi connectivity index (χ1v) is 6.15. The van der Waals surface area contributed by atoms with Crippen LogP contribution >= 0.6 is 23.4 Å². The minimum Gasteiger partial charge on any atom is -0.431 e. The Morgan fingerprint density at radius 2 is 2.18 bits per heavy atom. The van der Waals surface area contributed by atoms with Crippen molar-refractivity contribution in [3.63, 3.8) is 0 Å². The highest BCUT2D eigenvalue weighted by Crippen LogP contribution is 2.30. The molecule has 0 radical (unpaired) electrons. The molecule has 0 N–H and O–H groups in total. The third-order valence-electron chi connectivity index (χ3n) is 2.17. The van der Waals surface area contributed by atoms with E-state index < -0.39 is 0 Å². The van der Waals surface area contributed by atoms with Crippen LogP contribution in [-0.4, -0.2) is 9.97 Å². The SMILES string of the molecule is Clc1ccc2nc(Sc3cccnc3)oc2c1. The molecule has 0 atom stereocenters. The smallest absolute Gasteiger partial charge is 0.261 e. The summed E-state index contributed by atoms with van der Waals surface area (Å²) in [5.41, 5.74) is 1.50. The summed E-state index contributed by atoms with van der Waals surface area (Å²) in [5.74, 6) is 0. The van der Waals surface area contributed by atoms with Crippen molar-refractivity contribution in [1.29, 1.82) is 0 Å². The van der Waals surface area contributed by atoms with Crippen LogP contribution in [-0.2, 0) is 0 Å². The van der Waals surface area contributed by atoms with Gasteiger partial charge in [0.15, 0.2) is 5.58 Å². The maximum absolute atomic E-state index is 5.88. The number of aromatic nitrogens is 2. The number of nitrogens with zero attached hydrogens (tertiary/aromatic N) is 2. The summed E-state index contributed by atoms with van der Waals surface area (Å²) < 4.78 is 5.59. The average molecular weight is 263 g/mol. The minimum atomic E-state index is 0.593. The first-order valence-electron chi connectivity index (χ1n) is 4.95. The van der Waals surface area contributed by atoms with Crippen LogP contribution in [0.1, 0.15) is 0 Å². The third kappa shape index (κ3) is 2.28. The predicted octanol–water partition coefficient (Wildman–Crippen LogP) is 4.03. The largest absolute Gasteiger partial charge is 0.431 e. The molecule has 3 nitrogen and oxygen atoms in total. The normalized spacial score (nSPS) is 10.9. The van der Waals surface area contributed by atoms with Gasteiger partial charge in [-0.15, -0.1) is 0 Å². The van der Waals surface area contributed by atoms with E-state index in [0.717, 1.165) is 10.4 Å². The molecule has 0 fully saturated rings. The summed E-state index contributed by atoms with van der Waals surface area (Å²) in [6, 6.07) is 9.23. The van der Waals surface area contributed by atoms with Gasteiger partial charge in [-0.3, -0.25) is 4.98 Å². The molecule has 0 bridgehead atoms. The van der Waals surface area contributed by atoms with Crippen LogP contribution in [0, 0.1) is 0 Å². The fourth-order valence-electron chi connectivity index (χ4n) is 1.43. The lowest BCUT2D eigenvalue weighted by atomic mass is 10.3. The molecule has 0 saturated heterocycles. The Hall–Kier alpha value is -1.52. The summed E-state index contributed by atoms with van der Waals surface area (Å²) in [6.45, 7) is 0. The zero-order chi connectivity index (χ0) is 11.7. The summed E-state index contributed by atoms with van der Waals surface area (Å²) in [6.07, 6.45) is 3.50. The van der Waals surface area contributed by atoms with Crippen molar-refractivity contribution in [3.05, 3.63) is 47.7 Å². The second-order valence-electron chi connectivity index (χ2n) is 3.38. The molecule has 0 spiro atoms. The first kappa shape index (κ1) is 10.6. The molecule has 3 rings (SSSR count). The lowest BCUT2D eigenvalue weighted by Crippen LogP contribution is -1.74. The van der Waals surface area contributed by atoms with Crippen LogP contribution in [0.3, 0.4) is 0 Å². The monoisotopic (exact) mass is 262 g/mol. The molecule has 0 aliphatic carbocycles. The van der Waals surface area contributed by atoms with Crippen LogP contribution in [0.2, 0.25) is 5.02 Å². The van der Waals surface area contributed by atoms with Gasteiger partial charge >= 0.3 is 0 Å². The van der Waals surface area contributed by atoms with Gasteiger partial charge in [0.1, 0.15) is 5.52 Å². The van der Waals surface area contributed by atoms with Gasteiger partial charge in [0.2, 0.25) is 0 Å². The van der Waals surface area contributed by atoms with E-state index >= 15 is 0 Å². The Balaban J connectivity index is 1.96. The molecule has 5 heteroatoms. The third-order valence-corrected chi connectivity index (χ3v) is 3.23. The number of oxazole rings is 1. The summed E-state index contributed by atoms with van der Waals surface area (Å²) in [4.78, 5) is 9.39. The van der Waals surface area contributed by atoms with E-state index in [1.165, 1.54) is 11.8 Å². The molecule has 2 aromatic heterocycles. The summed E-state index contributed by atoms with van der Waals surface area (Å²) >= 11 is 7.32. The van der Waals surface area contributed by atoms with Gasteiger partial charge in [0.05, 0.1) is 0 Å². The lowest BCUT2D eigenvalue weighted by Gasteiger charge is -1.93. The maximum atomic E-state index is 5.88. The highest BCUT2D eigenvalue weighted by atomic mass is 35.5. The quantitative estimate of drug-likeness (QED) is 0.699. The minimum absolute atomic E-state index is 0.593. The molecular formula is C12H7ClN2OS. The predicted molar refractivity (Wildman–Crippen MR) is 67.4 cm³/mol. The zero-order valence-electron chi connectivity index (χ0n) is 8.63. The fraction of sp³-hybridized carbons (Fsp3) is 0. The van der Waals surface area contributed by atoms with E-state index in [1.807, 2.05) is 18.2 Å². The maximum Gasteiger partial charge on any atom is 0.261 e. The fourth-order valence-corrected chi connectivity index (χ4v) is 2.33. The van der Waals surface area contributed by atoms with Gasteiger partial charge in [0, 0.05) is 28.4 Å². The first-order chi connectivity index (χ1) is 8.31. The van der Waals surface area contributed by atoms with Gasteiger partial charge in [-0.1, -0.05) is 11.6 Å². The molecular weight excluding hydrogens is 256 g/mol. The van der Waals surface area contributed by atoms with Crippen molar-refractivity contribution < 1.29 is 4.42 Å². The Morgan fingerprint density at radius 1 is 1.24 bits per heavy atom. The number of pyridine rings is 1. The van der Waals surface area contributed by atoms with Crippen molar-refractivity contribution in [2.75, 3.05) is 0 Å². The number of fused-ring (bicyclic) bond motifs is 1. The van der Waals surface area contributed by atoms with E-state index in [0.29, 0.717) is 15.8 Å². The van der Waals surface area contributed by atoms with Crippen molar-refractivity contribution in [3.8, 4) is 0 Å². The van der Waals surface area contributed by atoms with Crippen LogP contribution in [0.15, 0.2) is 57.3 Å². The van der Waals surface area contributed by atoms with Crippen LogP contribution in [0.25, 0.3) is 11.1 Å². The zero-order valence-corrected chi connectivity index (χ0v) is 10.2. The highest BCUT2D eigenvalue weighted by Gasteiger charge is 2.07. The Kier molecular flexibility index (Phi) is 2.74. The van der Waals surface area contributed by atoms with Crippen molar-refractivity contribution in [2.24, 2.45) is 0 Å². The second-order valence-corrected chi connectivity index (χ2v) is 4.84. The van der Waals surface area contributed by atoms with Crippen molar-refractivity contribution in [2.45, 2.75) is 10.1 Å². The van der Waals surface area contributed by atoms with Gasteiger partial charge in [-0.25, -0.2) is 4.98 Å². The number of benzene rings is 1. The number of halogens is 1. The Bertz CT molecular complexity index is 654. The van der Waals surface area contributed by atoms with E-state index in [9.17, 15) is 0 Å². The lowest BCUT2D eigenvalue weighted by molar-refractivity contribution is 0.489. The Morgan fingerprint density at radius 3 is 3.00 bits per heavy atom. The summed E-state index contributed by atoms with van der Waals surface area (Å²) in [5, 5.41) is 1.24. The van der Waals surface area contributed by atoms with E-state index in [1.54, 1.807) is 24.5 Å². The molecule has 1 aromatic carbocycles. The van der Waals surface area contributed by atoms with Gasteiger partial charge < -0.3 is 4.42 Å². The van der Waals surface area contributed by atoms with Crippen LogP contribution in [0.4, 0.5) is 0 Å². The van der Waals surface area contributed by atoms with Crippen molar-refractivity contribution >= 4 is 34.5 Å². The van der Waals surface area contributed by atoms with Gasteiger partial charge in [0.25, 0.3) is 5.22 Å². The highest BCUT2D eigenvalue weighted by molar-refractivity contribution is 7.99. The van der Waals surface area contributed by atoms with Crippen molar-refractivity contribution in [1.82, 2.24) is 9.97 Å². The van der Waals surface area contributed by atoms with Gasteiger partial charge in [-0.2, -0.15) is 0 Å². The molecule has 3 aromatic rings.